The number of H-pyrrole nitrogens is 1. The number of aryl methyl sites for hydroxylation is 1. The normalized spacial score (nSPS) is 11.2. The molecule has 0 aliphatic heterocycles. The number of thiophene rings is 1. The average Bonchev–Trinajstić information content (AvgIpc) is 3.26. The minimum absolute atomic E-state index is 0.106. The predicted molar refractivity (Wildman–Crippen MR) is 136 cm³/mol. The number of benzene rings is 2. The van der Waals surface area contributed by atoms with Crippen LogP contribution in [-0.2, 0) is 16.0 Å². The van der Waals surface area contributed by atoms with Crippen molar-refractivity contribution in [1.29, 1.82) is 0 Å². The van der Waals surface area contributed by atoms with Crippen LogP contribution in [0.2, 0.25) is 0 Å². The van der Waals surface area contributed by atoms with Crippen LogP contribution in [0.25, 0.3) is 21.3 Å². The number of aromatic nitrogens is 2. The van der Waals surface area contributed by atoms with Crippen LogP contribution in [0.5, 0.6) is 0 Å². The van der Waals surface area contributed by atoms with Gasteiger partial charge in [0.05, 0.1) is 17.7 Å². The monoisotopic (exact) mass is 478 g/mol. The second-order valence-electron chi connectivity index (χ2n) is 8.08. The van der Waals surface area contributed by atoms with Crippen LogP contribution >= 0.6 is 23.1 Å². The van der Waals surface area contributed by atoms with Crippen LogP contribution in [0.4, 0.5) is 0 Å². The van der Waals surface area contributed by atoms with Crippen molar-refractivity contribution < 1.29 is 9.53 Å². The van der Waals surface area contributed by atoms with Crippen LogP contribution in [0, 0.1) is 0 Å². The van der Waals surface area contributed by atoms with Gasteiger partial charge in [-0.25, -0.2) is 4.98 Å². The minimum atomic E-state index is -0.312. The van der Waals surface area contributed by atoms with E-state index in [-0.39, 0.29) is 17.3 Å². The maximum atomic E-state index is 12.8. The van der Waals surface area contributed by atoms with Crippen LogP contribution < -0.4 is 5.56 Å². The molecule has 4 aromatic rings. The van der Waals surface area contributed by atoms with Gasteiger partial charge in [0.25, 0.3) is 5.56 Å². The van der Waals surface area contributed by atoms with Gasteiger partial charge in [0, 0.05) is 10.9 Å². The smallest absolute Gasteiger partial charge is 0.316 e. The summed E-state index contributed by atoms with van der Waals surface area (Å²) in [7, 11) is 0. The molecule has 170 valence electrons. The van der Waals surface area contributed by atoms with E-state index in [1.165, 1.54) is 34.2 Å². The highest BCUT2D eigenvalue weighted by molar-refractivity contribution is 7.99. The second-order valence-corrected chi connectivity index (χ2v) is 9.90. The van der Waals surface area contributed by atoms with Gasteiger partial charge < -0.3 is 9.72 Å². The van der Waals surface area contributed by atoms with E-state index in [1.807, 2.05) is 35.7 Å². The van der Waals surface area contributed by atoms with Crippen molar-refractivity contribution in [2.75, 3.05) is 12.4 Å². The lowest BCUT2D eigenvalue weighted by Crippen LogP contribution is -2.12. The highest BCUT2D eigenvalue weighted by Gasteiger charge is 2.14. The number of aromatic amines is 1. The van der Waals surface area contributed by atoms with E-state index in [0.717, 1.165) is 24.0 Å². The molecule has 0 aliphatic rings. The SMILES string of the molecule is CC(C)c1ccc(-c2csc3nc(SCC(=O)OCCCc4ccccc4)[nH]c(=O)c23)cc1. The zero-order valence-corrected chi connectivity index (χ0v) is 20.3. The second kappa shape index (κ2) is 10.8. The molecule has 0 spiro atoms. The number of esters is 1. The molecule has 2 aromatic heterocycles. The van der Waals surface area contributed by atoms with Gasteiger partial charge in [-0.3, -0.25) is 9.59 Å². The number of hydrogen-bond acceptors (Lipinski definition) is 6. The number of nitrogens with one attached hydrogen (secondary N) is 1. The van der Waals surface area contributed by atoms with E-state index in [9.17, 15) is 9.59 Å². The van der Waals surface area contributed by atoms with Gasteiger partial charge in [-0.1, -0.05) is 80.2 Å². The quantitative estimate of drug-likeness (QED) is 0.137. The van der Waals surface area contributed by atoms with Crippen molar-refractivity contribution in [3.63, 3.8) is 0 Å². The Morgan fingerprint density at radius 1 is 1.12 bits per heavy atom. The maximum absolute atomic E-state index is 12.8. The molecule has 0 aliphatic carbocycles. The molecule has 7 heteroatoms. The predicted octanol–water partition coefficient (Wildman–Crippen LogP) is 6.04. The first-order valence-corrected chi connectivity index (χ1v) is 12.8. The van der Waals surface area contributed by atoms with Gasteiger partial charge in [0.2, 0.25) is 0 Å². The molecule has 0 radical (unpaired) electrons. The van der Waals surface area contributed by atoms with Crippen molar-refractivity contribution in [3.05, 3.63) is 81.5 Å². The number of ether oxygens (including phenoxy) is 1. The molecule has 1 N–H and O–H groups in total. The fraction of sp³-hybridized carbons (Fsp3) is 0.269. The van der Waals surface area contributed by atoms with E-state index in [4.69, 9.17) is 4.74 Å². The van der Waals surface area contributed by atoms with Gasteiger partial charge in [0.15, 0.2) is 5.16 Å². The van der Waals surface area contributed by atoms with Crippen molar-refractivity contribution in [1.82, 2.24) is 9.97 Å². The third kappa shape index (κ3) is 5.92. The molecule has 2 aromatic carbocycles. The number of carbonyl (C=O) groups excluding carboxylic acids is 1. The van der Waals surface area contributed by atoms with Crippen molar-refractivity contribution in [2.24, 2.45) is 0 Å². The Kier molecular flexibility index (Phi) is 7.62. The Morgan fingerprint density at radius 3 is 2.61 bits per heavy atom. The van der Waals surface area contributed by atoms with Crippen LogP contribution in [0.1, 0.15) is 37.3 Å². The summed E-state index contributed by atoms with van der Waals surface area (Å²) in [5, 5.41) is 2.98. The number of fused-ring (bicyclic) bond motifs is 1. The van der Waals surface area contributed by atoms with E-state index >= 15 is 0 Å². The van der Waals surface area contributed by atoms with Gasteiger partial charge in [-0.2, -0.15) is 0 Å². The number of carbonyl (C=O) groups is 1. The fourth-order valence-corrected chi connectivity index (χ4v) is 5.20. The molecule has 0 atom stereocenters. The average molecular weight is 479 g/mol. The number of nitrogens with zero attached hydrogens (tertiary/aromatic N) is 1. The number of hydrogen-bond donors (Lipinski definition) is 1. The van der Waals surface area contributed by atoms with Gasteiger partial charge in [-0.05, 0) is 35.4 Å². The fourth-order valence-electron chi connectivity index (χ4n) is 3.53. The standard InChI is InChI=1S/C26H26N2O3S2/c1-17(2)19-10-12-20(13-11-19)21-15-32-25-23(21)24(30)27-26(28-25)33-16-22(29)31-14-6-9-18-7-4-3-5-8-18/h3-5,7-8,10-13,15,17H,6,9,14,16H2,1-2H3,(H,27,28,30). The lowest BCUT2D eigenvalue weighted by Gasteiger charge is -2.07. The molecule has 0 bridgehead atoms. The van der Waals surface area contributed by atoms with Gasteiger partial charge in [0.1, 0.15) is 4.83 Å². The Labute approximate surface area is 201 Å². The topological polar surface area (TPSA) is 72.0 Å². The van der Waals surface area contributed by atoms with Crippen LogP contribution in [-0.4, -0.2) is 28.3 Å². The maximum Gasteiger partial charge on any atom is 0.316 e. The highest BCUT2D eigenvalue weighted by Crippen LogP contribution is 2.32. The zero-order valence-electron chi connectivity index (χ0n) is 18.7. The van der Waals surface area contributed by atoms with Crippen molar-refractivity contribution >= 4 is 39.3 Å². The van der Waals surface area contributed by atoms with E-state index in [1.54, 1.807) is 0 Å². The van der Waals surface area contributed by atoms with Crippen molar-refractivity contribution in [3.8, 4) is 11.1 Å². The Morgan fingerprint density at radius 2 is 1.88 bits per heavy atom. The first-order valence-electron chi connectivity index (χ1n) is 11.0. The molecule has 0 unspecified atom stereocenters. The molecule has 0 fully saturated rings. The minimum Gasteiger partial charge on any atom is -0.465 e. The highest BCUT2D eigenvalue weighted by atomic mass is 32.2. The van der Waals surface area contributed by atoms with E-state index in [0.29, 0.717) is 27.9 Å². The first kappa shape index (κ1) is 23.3. The molecular weight excluding hydrogens is 452 g/mol. The van der Waals surface area contributed by atoms with Gasteiger partial charge in [-0.15, -0.1) is 11.3 Å². The summed E-state index contributed by atoms with van der Waals surface area (Å²) in [5.41, 5.74) is 4.17. The summed E-state index contributed by atoms with van der Waals surface area (Å²) in [4.78, 5) is 32.9. The summed E-state index contributed by atoms with van der Waals surface area (Å²) in [6.45, 7) is 4.69. The Hall–Kier alpha value is -2.90. The van der Waals surface area contributed by atoms with Crippen LogP contribution in [0.15, 0.2) is 69.9 Å². The molecular formula is C26H26N2O3S2. The lowest BCUT2D eigenvalue weighted by molar-refractivity contribution is -0.140. The summed E-state index contributed by atoms with van der Waals surface area (Å²) < 4.78 is 5.31. The van der Waals surface area contributed by atoms with Gasteiger partial charge >= 0.3 is 5.97 Å². The molecule has 4 rings (SSSR count). The Bertz CT molecular complexity index is 1280. The lowest BCUT2D eigenvalue weighted by atomic mass is 9.99. The number of rotatable bonds is 9. The summed E-state index contributed by atoms with van der Waals surface area (Å²) >= 11 is 2.62. The largest absolute Gasteiger partial charge is 0.465 e. The number of thioether (sulfide) groups is 1. The third-order valence-electron chi connectivity index (χ3n) is 5.35. The molecule has 2 heterocycles. The molecule has 0 amide bonds. The zero-order chi connectivity index (χ0) is 23.2. The summed E-state index contributed by atoms with van der Waals surface area (Å²) in [6.07, 6.45) is 1.64. The molecule has 0 saturated heterocycles. The third-order valence-corrected chi connectivity index (χ3v) is 7.07. The van der Waals surface area contributed by atoms with Crippen molar-refractivity contribution in [2.45, 2.75) is 37.8 Å². The van der Waals surface area contributed by atoms with E-state index < -0.39 is 0 Å². The molecule has 0 saturated carbocycles. The first-order chi connectivity index (χ1) is 16.0. The molecule has 33 heavy (non-hydrogen) atoms. The molecule has 5 nitrogen and oxygen atoms in total. The Balaban J connectivity index is 1.35. The van der Waals surface area contributed by atoms with Crippen LogP contribution in [0.3, 0.4) is 0 Å². The van der Waals surface area contributed by atoms with E-state index in [2.05, 4.69) is 48.1 Å². The summed E-state index contributed by atoms with van der Waals surface area (Å²) in [5.74, 6) is 0.251. The summed E-state index contributed by atoms with van der Waals surface area (Å²) in [6, 6.07) is 18.4.